The molecule has 28 heavy (non-hydrogen) atoms. The zero-order valence-electron chi connectivity index (χ0n) is 16.4. The van der Waals surface area contributed by atoms with Crippen LogP contribution >= 0.6 is 0 Å². The van der Waals surface area contributed by atoms with Crippen LogP contribution < -0.4 is 5.32 Å². The highest BCUT2D eigenvalue weighted by atomic mass is 19.1. The Bertz CT molecular complexity index is 763. The SMILES string of the molecule is O=C(NCCC1=CCCCC1)C1CC12CCN(C(=O)c1ccc(F)cc1)CC2. The lowest BCUT2D eigenvalue weighted by Gasteiger charge is -2.33. The van der Waals surface area contributed by atoms with Gasteiger partial charge in [-0.2, -0.15) is 0 Å². The third-order valence-corrected chi connectivity index (χ3v) is 6.77. The van der Waals surface area contributed by atoms with Crippen molar-refractivity contribution < 1.29 is 14.0 Å². The van der Waals surface area contributed by atoms with Gasteiger partial charge in [-0.25, -0.2) is 4.39 Å². The van der Waals surface area contributed by atoms with E-state index in [4.69, 9.17) is 0 Å². The number of rotatable bonds is 5. The van der Waals surface area contributed by atoms with Gasteiger partial charge in [-0.1, -0.05) is 11.6 Å². The summed E-state index contributed by atoms with van der Waals surface area (Å²) in [6, 6.07) is 5.72. The summed E-state index contributed by atoms with van der Waals surface area (Å²) < 4.78 is 13.0. The monoisotopic (exact) mass is 384 g/mol. The van der Waals surface area contributed by atoms with Crippen LogP contribution in [0.3, 0.4) is 0 Å². The van der Waals surface area contributed by atoms with Crippen molar-refractivity contribution in [3.05, 3.63) is 47.3 Å². The smallest absolute Gasteiger partial charge is 0.253 e. The molecule has 0 radical (unpaired) electrons. The van der Waals surface area contributed by atoms with E-state index >= 15 is 0 Å². The summed E-state index contributed by atoms with van der Waals surface area (Å²) in [4.78, 5) is 26.9. The van der Waals surface area contributed by atoms with Gasteiger partial charge < -0.3 is 10.2 Å². The molecule has 1 heterocycles. The number of carbonyl (C=O) groups excluding carboxylic acids is 2. The number of piperidine rings is 1. The van der Waals surface area contributed by atoms with Crippen molar-refractivity contribution in [1.29, 1.82) is 0 Å². The molecule has 3 aliphatic rings. The lowest BCUT2D eigenvalue weighted by Crippen LogP contribution is -2.40. The third-order valence-electron chi connectivity index (χ3n) is 6.77. The molecule has 5 heteroatoms. The number of hydrogen-bond donors (Lipinski definition) is 1. The second-order valence-corrected chi connectivity index (χ2v) is 8.57. The van der Waals surface area contributed by atoms with Crippen LogP contribution in [0.1, 0.15) is 61.7 Å². The molecule has 1 unspecified atom stereocenters. The van der Waals surface area contributed by atoms with Crippen LogP contribution in [0.4, 0.5) is 4.39 Å². The molecule has 1 saturated carbocycles. The van der Waals surface area contributed by atoms with Gasteiger partial charge in [0.15, 0.2) is 0 Å². The van der Waals surface area contributed by atoms with Crippen molar-refractivity contribution in [3.8, 4) is 0 Å². The highest BCUT2D eigenvalue weighted by molar-refractivity contribution is 5.94. The second-order valence-electron chi connectivity index (χ2n) is 8.57. The fourth-order valence-electron chi connectivity index (χ4n) is 4.80. The molecule has 1 saturated heterocycles. The molecule has 1 atom stereocenters. The lowest BCUT2D eigenvalue weighted by molar-refractivity contribution is -0.123. The van der Waals surface area contributed by atoms with E-state index < -0.39 is 0 Å². The number of hydrogen-bond acceptors (Lipinski definition) is 2. The Morgan fingerprint density at radius 1 is 1.14 bits per heavy atom. The maximum absolute atomic E-state index is 13.0. The first-order chi connectivity index (χ1) is 13.6. The Labute approximate surface area is 166 Å². The number of likely N-dealkylation sites (tertiary alicyclic amines) is 1. The Hall–Kier alpha value is -2.17. The maximum atomic E-state index is 13.0. The predicted octanol–water partition coefficient (Wildman–Crippen LogP) is 4.07. The minimum absolute atomic E-state index is 0.0442. The van der Waals surface area contributed by atoms with E-state index in [-0.39, 0.29) is 29.0 Å². The molecular weight excluding hydrogens is 355 g/mol. The minimum Gasteiger partial charge on any atom is -0.356 e. The van der Waals surface area contributed by atoms with Crippen molar-refractivity contribution in [2.24, 2.45) is 11.3 Å². The fourth-order valence-corrected chi connectivity index (χ4v) is 4.80. The first-order valence-electron chi connectivity index (χ1n) is 10.6. The van der Waals surface area contributed by atoms with Gasteiger partial charge in [0.25, 0.3) is 5.91 Å². The third kappa shape index (κ3) is 4.13. The Morgan fingerprint density at radius 3 is 2.57 bits per heavy atom. The van der Waals surface area contributed by atoms with E-state index in [1.807, 2.05) is 4.90 Å². The summed E-state index contributed by atoms with van der Waals surface area (Å²) in [5.41, 5.74) is 2.11. The number of amides is 2. The predicted molar refractivity (Wildman–Crippen MR) is 106 cm³/mol. The zero-order valence-corrected chi connectivity index (χ0v) is 16.4. The molecule has 2 amide bonds. The standard InChI is InChI=1S/C23H29FN2O2/c24-19-8-6-18(7-9-19)22(28)26-14-11-23(12-15-26)16-20(23)21(27)25-13-10-17-4-2-1-3-5-17/h4,6-9,20H,1-3,5,10-16H2,(H,25,27). The molecule has 0 bridgehead atoms. The number of allylic oxidation sites excluding steroid dienone is 1. The van der Waals surface area contributed by atoms with E-state index in [0.29, 0.717) is 18.7 Å². The quantitative estimate of drug-likeness (QED) is 0.778. The Morgan fingerprint density at radius 2 is 1.89 bits per heavy atom. The highest BCUT2D eigenvalue weighted by Crippen LogP contribution is 2.59. The van der Waals surface area contributed by atoms with Gasteiger partial charge >= 0.3 is 0 Å². The van der Waals surface area contributed by atoms with E-state index in [2.05, 4.69) is 11.4 Å². The van der Waals surface area contributed by atoms with Crippen molar-refractivity contribution in [2.45, 2.75) is 51.4 Å². The zero-order chi connectivity index (χ0) is 19.6. The molecule has 2 aliphatic carbocycles. The molecule has 0 aromatic heterocycles. The normalized spacial score (nSPS) is 23.2. The van der Waals surface area contributed by atoms with Gasteiger partial charge in [0.1, 0.15) is 5.82 Å². The molecular formula is C23H29FN2O2. The summed E-state index contributed by atoms with van der Waals surface area (Å²) >= 11 is 0. The van der Waals surface area contributed by atoms with Gasteiger partial charge in [-0.3, -0.25) is 9.59 Å². The largest absolute Gasteiger partial charge is 0.356 e. The number of benzene rings is 1. The van der Waals surface area contributed by atoms with E-state index in [0.717, 1.165) is 32.2 Å². The first-order valence-corrected chi connectivity index (χ1v) is 10.6. The van der Waals surface area contributed by atoms with E-state index in [9.17, 15) is 14.0 Å². The van der Waals surface area contributed by atoms with Gasteiger partial charge in [0, 0.05) is 31.1 Å². The fraction of sp³-hybridized carbons (Fsp3) is 0.565. The molecule has 4 nitrogen and oxygen atoms in total. The van der Waals surface area contributed by atoms with Crippen LogP contribution in [-0.2, 0) is 4.79 Å². The lowest BCUT2D eigenvalue weighted by atomic mass is 9.90. The number of carbonyl (C=O) groups is 2. The topological polar surface area (TPSA) is 49.4 Å². The number of nitrogens with zero attached hydrogens (tertiary/aromatic N) is 1. The molecule has 1 spiro atoms. The van der Waals surface area contributed by atoms with Crippen LogP contribution in [0, 0.1) is 17.2 Å². The minimum atomic E-state index is -0.333. The molecule has 4 rings (SSSR count). The van der Waals surface area contributed by atoms with Crippen LogP contribution in [0.2, 0.25) is 0 Å². The molecule has 150 valence electrons. The summed E-state index contributed by atoms with van der Waals surface area (Å²) in [5, 5.41) is 3.13. The molecule has 1 aromatic carbocycles. The average Bonchev–Trinajstić information content (AvgIpc) is 3.43. The van der Waals surface area contributed by atoms with Crippen LogP contribution in [0.25, 0.3) is 0 Å². The number of nitrogens with one attached hydrogen (secondary N) is 1. The van der Waals surface area contributed by atoms with Gasteiger partial charge in [-0.15, -0.1) is 0 Å². The Kier molecular flexibility index (Phi) is 5.51. The molecule has 1 aromatic rings. The summed E-state index contributed by atoms with van der Waals surface area (Å²) in [6.07, 6.45) is 10.9. The van der Waals surface area contributed by atoms with Crippen LogP contribution in [0.5, 0.6) is 0 Å². The van der Waals surface area contributed by atoms with Crippen LogP contribution in [0.15, 0.2) is 35.9 Å². The van der Waals surface area contributed by atoms with Crippen molar-refractivity contribution >= 4 is 11.8 Å². The molecule has 2 fully saturated rings. The van der Waals surface area contributed by atoms with Crippen molar-refractivity contribution in [3.63, 3.8) is 0 Å². The summed E-state index contributed by atoms with van der Waals surface area (Å²) in [6.45, 7) is 2.09. The summed E-state index contributed by atoms with van der Waals surface area (Å²) in [7, 11) is 0. The second kappa shape index (κ2) is 8.06. The van der Waals surface area contributed by atoms with Gasteiger partial charge in [0.05, 0.1) is 0 Å². The first kappa shape index (κ1) is 19.2. The average molecular weight is 384 g/mol. The van der Waals surface area contributed by atoms with Crippen molar-refractivity contribution in [2.75, 3.05) is 19.6 Å². The Balaban J connectivity index is 1.22. The van der Waals surface area contributed by atoms with Gasteiger partial charge in [0.2, 0.25) is 5.91 Å². The molecule has 1 N–H and O–H groups in total. The molecule has 1 aliphatic heterocycles. The summed E-state index contributed by atoms with van der Waals surface area (Å²) in [5.74, 6) is -0.0800. The van der Waals surface area contributed by atoms with Crippen molar-refractivity contribution in [1.82, 2.24) is 10.2 Å². The highest BCUT2D eigenvalue weighted by Gasteiger charge is 2.58. The van der Waals surface area contributed by atoms with Gasteiger partial charge in [-0.05, 0) is 81.0 Å². The van der Waals surface area contributed by atoms with Crippen LogP contribution in [-0.4, -0.2) is 36.3 Å². The van der Waals surface area contributed by atoms with E-state index in [1.54, 1.807) is 0 Å². The van der Waals surface area contributed by atoms with E-state index in [1.165, 1.54) is 55.5 Å². The maximum Gasteiger partial charge on any atom is 0.253 e. The number of halogens is 1.